The van der Waals surface area contributed by atoms with Gasteiger partial charge >= 0.3 is 6.01 Å². The van der Waals surface area contributed by atoms with Gasteiger partial charge in [0.2, 0.25) is 0 Å². The van der Waals surface area contributed by atoms with E-state index in [1.165, 1.54) is 18.4 Å². The molecule has 0 spiro atoms. The Balaban J connectivity index is 1.58. The van der Waals surface area contributed by atoms with Gasteiger partial charge in [0.05, 0.1) is 18.5 Å². The number of nitrogens with zero attached hydrogens (tertiary/aromatic N) is 4. The van der Waals surface area contributed by atoms with Crippen molar-refractivity contribution in [3.8, 4) is 12.1 Å². The summed E-state index contributed by atoms with van der Waals surface area (Å²) in [7, 11) is 0. The third kappa shape index (κ3) is 4.49. The first-order valence-electron chi connectivity index (χ1n) is 10.2. The standard InChI is InChI=1S/C22H26N6O/c1-2-3-10-29-22-26-20(24)19-11-18(12-23)28(21(19)27-22)14-16-6-4-15(5-7-16)13-25-17-8-9-17/h4-7,11,17,25H,2-3,8-10,13-14H2,1H3,(H2,24,26,27). The maximum Gasteiger partial charge on any atom is 0.320 e. The Morgan fingerprint density at radius 1 is 1.24 bits per heavy atom. The van der Waals surface area contributed by atoms with Gasteiger partial charge in [0.1, 0.15) is 17.6 Å². The normalized spacial score (nSPS) is 13.5. The molecule has 0 aliphatic heterocycles. The van der Waals surface area contributed by atoms with E-state index < -0.39 is 0 Å². The average molecular weight is 390 g/mol. The van der Waals surface area contributed by atoms with Crippen LogP contribution in [-0.2, 0) is 13.1 Å². The van der Waals surface area contributed by atoms with Gasteiger partial charge in [0.25, 0.3) is 0 Å². The van der Waals surface area contributed by atoms with E-state index >= 15 is 0 Å². The lowest BCUT2D eigenvalue weighted by molar-refractivity contribution is 0.286. The van der Waals surface area contributed by atoms with Crippen molar-refractivity contribution in [1.82, 2.24) is 19.9 Å². The fraction of sp³-hybridized carbons (Fsp3) is 0.409. The Hall–Kier alpha value is -3.11. The number of nitrogens with two attached hydrogens (primary N) is 1. The van der Waals surface area contributed by atoms with E-state index in [-0.39, 0.29) is 6.01 Å². The molecule has 150 valence electrons. The van der Waals surface area contributed by atoms with Gasteiger partial charge in [-0.2, -0.15) is 15.2 Å². The SMILES string of the molecule is CCCCOc1nc(N)c2cc(C#N)n(Cc3ccc(CNC4CC4)cc3)c2n1. The van der Waals surface area contributed by atoms with Crippen LogP contribution in [0.25, 0.3) is 11.0 Å². The van der Waals surface area contributed by atoms with E-state index in [1.54, 1.807) is 6.07 Å². The Kier molecular flexibility index (Phi) is 5.63. The average Bonchev–Trinajstić information content (AvgIpc) is 3.49. The van der Waals surface area contributed by atoms with Crippen LogP contribution in [0, 0.1) is 11.3 Å². The molecule has 1 aliphatic carbocycles. The van der Waals surface area contributed by atoms with E-state index in [0.717, 1.165) is 24.9 Å². The molecule has 0 unspecified atom stereocenters. The zero-order valence-electron chi connectivity index (χ0n) is 16.7. The molecule has 7 nitrogen and oxygen atoms in total. The van der Waals surface area contributed by atoms with Gasteiger partial charge in [0.15, 0.2) is 5.65 Å². The molecule has 0 bridgehead atoms. The number of aromatic nitrogens is 3. The van der Waals surface area contributed by atoms with Crippen molar-refractivity contribution in [2.24, 2.45) is 0 Å². The lowest BCUT2D eigenvalue weighted by Gasteiger charge is -2.10. The third-order valence-electron chi connectivity index (χ3n) is 5.14. The second-order valence-electron chi connectivity index (χ2n) is 7.53. The van der Waals surface area contributed by atoms with Crippen molar-refractivity contribution in [2.75, 3.05) is 12.3 Å². The van der Waals surface area contributed by atoms with Crippen LogP contribution in [0.2, 0.25) is 0 Å². The first kappa shape index (κ1) is 19.2. The van der Waals surface area contributed by atoms with Crippen LogP contribution in [-0.4, -0.2) is 27.2 Å². The zero-order valence-corrected chi connectivity index (χ0v) is 16.7. The molecule has 4 rings (SSSR count). The molecule has 2 aromatic heterocycles. The molecule has 3 aromatic rings. The second kappa shape index (κ2) is 8.50. The minimum Gasteiger partial charge on any atom is -0.463 e. The quantitative estimate of drug-likeness (QED) is 0.543. The van der Waals surface area contributed by atoms with Crippen molar-refractivity contribution >= 4 is 16.9 Å². The lowest BCUT2D eigenvalue weighted by atomic mass is 10.1. The molecular formula is C22H26N6O. The summed E-state index contributed by atoms with van der Waals surface area (Å²) in [5.41, 5.74) is 9.60. The molecule has 1 aromatic carbocycles. The van der Waals surface area contributed by atoms with Crippen molar-refractivity contribution in [3.63, 3.8) is 0 Å². The molecule has 1 aliphatic rings. The minimum absolute atomic E-state index is 0.258. The molecule has 7 heteroatoms. The first-order valence-corrected chi connectivity index (χ1v) is 10.2. The lowest BCUT2D eigenvalue weighted by Crippen LogP contribution is -2.15. The number of unbranched alkanes of at least 4 members (excludes halogenated alkanes) is 1. The summed E-state index contributed by atoms with van der Waals surface area (Å²) in [6.45, 7) is 4.07. The molecule has 0 radical (unpaired) electrons. The number of nitrogens with one attached hydrogen (secondary N) is 1. The molecule has 0 amide bonds. The molecule has 1 fully saturated rings. The van der Waals surface area contributed by atoms with Crippen LogP contribution in [0.1, 0.15) is 49.4 Å². The molecule has 1 saturated carbocycles. The summed E-state index contributed by atoms with van der Waals surface area (Å²) in [5, 5.41) is 13.8. The molecule has 0 atom stereocenters. The van der Waals surface area contributed by atoms with Gasteiger partial charge in [-0.05, 0) is 36.5 Å². The highest BCUT2D eigenvalue weighted by Gasteiger charge is 2.20. The van der Waals surface area contributed by atoms with Crippen LogP contribution in [0.3, 0.4) is 0 Å². The predicted molar refractivity (Wildman–Crippen MR) is 112 cm³/mol. The fourth-order valence-corrected chi connectivity index (χ4v) is 3.25. The second-order valence-corrected chi connectivity index (χ2v) is 7.53. The number of hydrogen-bond donors (Lipinski definition) is 2. The smallest absolute Gasteiger partial charge is 0.320 e. The Morgan fingerprint density at radius 3 is 2.69 bits per heavy atom. The highest BCUT2D eigenvalue weighted by Crippen LogP contribution is 2.26. The van der Waals surface area contributed by atoms with Crippen molar-refractivity contribution in [3.05, 3.63) is 47.2 Å². The fourth-order valence-electron chi connectivity index (χ4n) is 3.25. The highest BCUT2D eigenvalue weighted by molar-refractivity contribution is 5.88. The maximum absolute atomic E-state index is 9.60. The van der Waals surface area contributed by atoms with Gasteiger partial charge in [-0.1, -0.05) is 37.6 Å². The number of fused-ring (bicyclic) bond motifs is 1. The van der Waals surface area contributed by atoms with E-state index in [9.17, 15) is 5.26 Å². The maximum atomic E-state index is 9.60. The molecule has 3 N–H and O–H groups in total. The Labute approximate surface area is 170 Å². The molecule has 29 heavy (non-hydrogen) atoms. The number of ether oxygens (including phenoxy) is 1. The van der Waals surface area contributed by atoms with Crippen molar-refractivity contribution in [2.45, 2.75) is 51.7 Å². The van der Waals surface area contributed by atoms with E-state index in [2.05, 4.69) is 52.5 Å². The molecule has 2 heterocycles. The molecular weight excluding hydrogens is 364 g/mol. The van der Waals surface area contributed by atoms with Crippen LogP contribution in [0.4, 0.5) is 5.82 Å². The van der Waals surface area contributed by atoms with E-state index in [0.29, 0.717) is 41.7 Å². The summed E-state index contributed by atoms with van der Waals surface area (Å²) in [6, 6.07) is 13.4. The van der Waals surface area contributed by atoms with Crippen molar-refractivity contribution < 1.29 is 4.74 Å². The van der Waals surface area contributed by atoms with E-state index in [4.69, 9.17) is 10.5 Å². The number of nitriles is 1. The summed E-state index contributed by atoms with van der Waals surface area (Å²) >= 11 is 0. The van der Waals surface area contributed by atoms with Gasteiger partial charge in [-0.3, -0.25) is 0 Å². The van der Waals surface area contributed by atoms with Gasteiger partial charge < -0.3 is 20.4 Å². The third-order valence-corrected chi connectivity index (χ3v) is 5.14. The number of hydrogen-bond acceptors (Lipinski definition) is 6. The largest absolute Gasteiger partial charge is 0.463 e. The van der Waals surface area contributed by atoms with Gasteiger partial charge in [0, 0.05) is 12.6 Å². The summed E-state index contributed by atoms with van der Waals surface area (Å²) < 4.78 is 7.52. The number of benzene rings is 1. The van der Waals surface area contributed by atoms with E-state index in [1.807, 2.05) is 4.57 Å². The first-order chi connectivity index (χ1) is 14.2. The Morgan fingerprint density at radius 2 is 2.00 bits per heavy atom. The summed E-state index contributed by atoms with van der Waals surface area (Å²) in [6.07, 6.45) is 4.52. The molecule has 0 saturated heterocycles. The van der Waals surface area contributed by atoms with Gasteiger partial charge in [-0.15, -0.1) is 0 Å². The zero-order chi connectivity index (χ0) is 20.2. The minimum atomic E-state index is 0.258. The topological polar surface area (TPSA) is 102 Å². The number of nitrogen functional groups attached to an aromatic ring is 1. The number of rotatable bonds is 9. The summed E-state index contributed by atoms with van der Waals surface area (Å²) in [4.78, 5) is 8.77. The Bertz CT molecular complexity index is 1030. The number of anilines is 1. The van der Waals surface area contributed by atoms with Crippen molar-refractivity contribution in [1.29, 1.82) is 5.26 Å². The van der Waals surface area contributed by atoms with Crippen LogP contribution < -0.4 is 15.8 Å². The predicted octanol–water partition coefficient (Wildman–Crippen LogP) is 3.36. The van der Waals surface area contributed by atoms with Crippen LogP contribution in [0.5, 0.6) is 6.01 Å². The van der Waals surface area contributed by atoms with Crippen LogP contribution in [0.15, 0.2) is 30.3 Å². The summed E-state index contributed by atoms with van der Waals surface area (Å²) in [5.74, 6) is 0.332. The monoisotopic (exact) mass is 390 g/mol. The van der Waals surface area contributed by atoms with Crippen LogP contribution >= 0.6 is 0 Å². The van der Waals surface area contributed by atoms with Gasteiger partial charge in [-0.25, -0.2) is 0 Å². The highest BCUT2D eigenvalue weighted by atomic mass is 16.5.